The van der Waals surface area contributed by atoms with Gasteiger partial charge in [-0.3, -0.25) is 0 Å². The van der Waals surface area contributed by atoms with E-state index in [2.05, 4.69) is 305 Å². The van der Waals surface area contributed by atoms with Gasteiger partial charge in [0, 0.05) is 69.5 Å². The van der Waals surface area contributed by atoms with Crippen LogP contribution in [0, 0.1) is 18.2 Å². The smallest absolute Gasteiger partial charge is 0.0541 e. The summed E-state index contributed by atoms with van der Waals surface area (Å²) in [4.78, 5) is 0. The maximum atomic E-state index is 4.76. The van der Waals surface area contributed by atoms with Crippen molar-refractivity contribution in [3.63, 3.8) is 0 Å². The zero-order chi connectivity index (χ0) is 61.9. The molecule has 0 bridgehead atoms. The van der Waals surface area contributed by atoms with Gasteiger partial charge in [-0.15, -0.1) is 54.5 Å². The Balaban J connectivity index is 0.000000116. The fraction of sp³-hybridized carbons (Fsp3) is 0.172. The van der Waals surface area contributed by atoms with Crippen LogP contribution in [0.5, 0.6) is 0 Å². The summed E-state index contributed by atoms with van der Waals surface area (Å²) in [5, 5.41) is 22.0. The summed E-state index contributed by atoms with van der Waals surface area (Å²) in [6.07, 6.45) is 11.0. The zero-order valence-electron chi connectivity index (χ0n) is 52.7. The van der Waals surface area contributed by atoms with Crippen LogP contribution in [0.3, 0.4) is 0 Å². The first-order chi connectivity index (χ1) is 46.1. The molecule has 6 heterocycles. The number of nitrogens with zero attached hydrogens (tertiary/aromatic N) is 6. The molecule has 3 atom stereocenters. The van der Waals surface area contributed by atoms with Crippen molar-refractivity contribution in [3.05, 3.63) is 324 Å². The molecule has 0 amide bonds. The summed E-state index contributed by atoms with van der Waals surface area (Å²) in [5.74, 6) is 0. The summed E-state index contributed by atoms with van der Waals surface area (Å²) < 4.78 is 7.07. The molecule has 7 heteroatoms. The first-order valence-corrected chi connectivity index (χ1v) is 33.5. The van der Waals surface area contributed by atoms with Crippen LogP contribution in [0.15, 0.2) is 273 Å². The third-order valence-corrected chi connectivity index (χ3v) is 19.4. The molecule has 6 nitrogen and oxygen atoms in total. The molecular formula is C87H72IrN6-6. The van der Waals surface area contributed by atoms with Crippen LogP contribution in [0.1, 0.15) is 92.6 Å². The molecular weight excluding hydrogens is 1320 g/mol. The third kappa shape index (κ3) is 12.2. The van der Waals surface area contributed by atoms with Crippen LogP contribution in [0.4, 0.5) is 0 Å². The van der Waals surface area contributed by atoms with Crippen molar-refractivity contribution in [3.8, 4) is 50.4 Å². The number of aromatic nitrogens is 3. The average Bonchev–Trinajstić information content (AvgIpc) is 1.62. The van der Waals surface area contributed by atoms with E-state index in [1.807, 2.05) is 0 Å². The molecule has 3 aliphatic rings. The third-order valence-electron chi connectivity index (χ3n) is 19.4. The van der Waals surface area contributed by atoms with E-state index in [1.165, 1.54) is 171 Å². The van der Waals surface area contributed by atoms with Gasteiger partial charge in [0.05, 0.1) is 33.1 Å². The van der Waals surface area contributed by atoms with E-state index in [4.69, 9.17) is 16.0 Å². The molecule has 465 valence electrons. The molecule has 0 saturated carbocycles. The van der Waals surface area contributed by atoms with Crippen molar-refractivity contribution in [2.75, 3.05) is 19.6 Å². The Morgan fingerprint density at radius 1 is 0.245 bits per heavy atom. The van der Waals surface area contributed by atoms with Crippen LogP contribution in [-0.4, -0.2) is 33.3 Å². The first kappa shape index (κ1) is 60.8. The normalized spacial score (nSPS) is 16.5. The molecule has 1 radical (unpaired) electrons. The average molecular weight is 1390 g/mol. The summed E-state index contributed by atoms with van der Waals surface area (Å²) in [7, 11) is 0. The van der Waals surface area contributed by atoms with Gasteiger partial charge < -0.3 is 29.7 Å². The van der Waals surface area contributed by atoms with E-state index >= 15 is 0 Å². The van der Waals surface area contributed by atoms with Crippen LogP contribution >= 0.6 is 0 Å². The quantitative estimate of drug-likeness (QED) is 0.129. The van der Waals surface area contributed by atoms with E-state index in [0.717, 1.165) is 38.9 Å². The molecule has 12 aromatic carbocycles. The van der Waals surface area contributed by atoms with Gasteiger partial charge in [0.1, 0.15) is 0 Å². The van der Waals surface area contributed by atoms with Crippen molar-refractivity contribution in [1.29, 1.82) is 0 Å². The minimum Gasteiger partial charge on any atom is -0.657 e. The Kier molecular flexibility index (Phi) is 17.9. The molecule has 15 aromatic rings. The van der Waals surface area contributed by atoms with E-state index < -0.39 is 0 Å². The number of fused-ring (bicyclic) bond motifs is 9. The molecule has 3 unspecified atom stereocenters. The zero-order valence-corrected chi connectivity index (χ0v) is 55.1. The molecule has 18 rings (SSSR count). The van der Waals surface area contributed by atoms with Crippen LogP contribution < -0.4 is 0 Å². The van der Waals surface area contributed by atoms with E-state index in [0.29, 0.717) is 18.1 Å². The predicted octanol–water partition coefficient (Wildman–Crippen LogP) is 23.5. The van der Waals surface area contributed by atoms with E-state index in [1.54, 1.807) is 0 Å². The van der Waals surface area contributed by atoms with Gasteiger partial charge in [0.25, 0.3) is 0 Å². The standard InChI is InChI=1S/3C29H24N2.Ir/c3*1-3-10-28-25(7-1)26-8-2-4-11-29(26)31(28)24-18-16-22(17-19-24)21-12-14-23(15-13-21)27-9-5-6-20-30-27;/h3*1-4,7-8,10-14,16-19,27H,5-6,9,20H2;/q3*-2;. The maximum absolute atomic E-state index is 4.76. The van der Waals surface area contributed by atoms with Crippen molar-refractivity contribution in [2.45, 2.75) is 75.9 Å². The number of benzene rings is 12. The monoisotopic (exact) mass is 1390 g/mol. The summed E-state index contributed by atoms with van der Waals surface area (Å²) in [5.41, 5.74) is 21.9. The number of hydrogen-bond acceptors (Lipinski definition) is 0. The van der Waals surface area contributed by atoms with Gasteiger partial charge in [0.15, 0.2) is 0 Å². The predicted molar refractivity (Wildman–Crippen MR) is 390 cm³/mol. The van der Waals surface area contributed by atoms with Gasteiger partial charge in [0.2, 0.25) is 0 Å². The van der Waals surface area contributed by atoms with Crippen LogP contribution in [0.25, 0.3) is 132 Å². The summed E-state index contributed by atoms with van der Waals surface area (Å²) in [6.45, 7) is 2.97. The van der Waals surface area contributed by atoms with Gasteiger partial charge >= 0.3 is 0 Å². The maximum Gasteiger partial charge on any atom is 0.0541 e. The van der Waals surface area contributed by atoms with Crippen molar-refractivity contribution in [1.82, 2.24) is 13.7 Å². The van der Waals surface area contributed by atoms with Crippen LogP contribution in [-0.2, 0) is 20.1 Å². The Labute approximate surface area is 565 Å². The number of hydrogen-bond donors (Lipinski definition) is 0. The van der Waals surface area contributed by atoms with E-state index in [-0.39, 0.29) is 20.1 Å². The topological polar surface area (TPSA) is 57.1 Å². The largest absolute Gasteiger partial charge is 0.657 e. The fourth-order valence-corrected chi connectivity index (χ4v) is 14.6. The Hall–Kier alpha value is -9.43. The van der Waals surface area contributed by atoms with Crippen molar-refractivity contribution < 1.29 is 20.1 Å². The minimum atomic E-state index is 0. The first-order valence-electron chi connectivity index (χ1n) is 33.5. The number of para-hydroxylation sites is 6. The minimum absolute atomic E-state index is 0. The molecule has 0 spiro atoms. The van der Waals surface area contributed by atoms with Gasteiger partial charge in [-0.2, -0.15) is 89.5 Å². The summed E-state index contributed by atoms with van der Waals surface area (Å²) >= 11 is 0. The van der Waals surface area contributed by atoms with Gasteiger partial charge in [-0.25, -0.2) is 0 Å². The molecule has 3 fully saturated rings. The van der Waals surface area contributed by atoms with Gasteiger partial charge in [-0.05, 0) is 72.8 Å². The van der Waals surface area contributed by atoms with Crippen molar-refractivity contribution >= 4 is 65.4 Å². The Morgan fingerprint density at radius 3 is 0.670 bits per heavy atom. The molecule has 0 aliphatic carbocycles. The van der Waals surface area contributed by atoms with E-state index in [9.17, 15) is 0 Å². The second-order valence-electron chi connectivity index (χ2n) is 25.1. The van der Waals surface area contributed by atoms with Crippen molar-refractivity contribution in [2.24, 2.45) is 0 Å². The molecule has 3 aliphatic heterocycles. The second kappa shape index (κ2) is 27.6. The fourth-order valence-electron chi connectivity index (χ4n) is 14.6. The Morgan fingerprint density at radius 2 is 0.468 bits per heavy atom. The second-order valence-corrected chi connectivity index (χ2v) is 25.1. The molecule has 0 N–H and O–H groups in total. The number of piperidine rings is 3. The summed E-state index contributed by atoms with van der Waals surface area (Å²) in [6, 6.07) is 110. The molecule has 3 aromatic heterocycles. The number of rotatable bonds is 9. The van der Waals surface area contributed by atoms with Gasteiger partial charge in [-0.1, -0.05) is 220 Å². The molecule has 3 saturated heterocycles. The SMILES string of the molecule is [Ir].[c-]1cc(-c2ccc(-n3c4ccccc4c4ccccc43)cc2)ccc1C1CCCC[N-]1.[c-]1cc(-c2ccc(-n3c4ccccc4c4ccccc43)cc2)ccc1C1CCCC[N-]1.[c-]1cc(-c2ccc(-n3c4ccccc4c4ccccc43)cc2)ccc1C1CCCC[N-]1. The Bertz CT molecular complexity index is 4370. The van der Waals surface area contributed by atoms with Crippen LogP contribution in [0.2, 0.25) is 0 Å². The molecule has 94 heavy (non-hydrogen) atoms.